The van der Waals surface area contributed by atoms with Gasteiger partial charge in [0.15, 0.2) is 0 Å². The number of hydrogen-bond acceptors (Lipinski definition) is 5. The first-order chi connectivity index (χ1) is 8.65. The van der Waals surface area contributed by atoms with Crippen molar-refractivity contribution in [3.05, 3.63) is 11.4 Å². The van der Waals surface area contributed by atoms with E-state index < -0.39 is 0 Å². The molecule has 2 rings (SSSR count). The highest BCUT2D eigenvalue weighted by molar-refractivity contribution is 5.55. The van der Waals surface area contributed by atoms with E-state index in [1.807, 2.05) is 6.92 Å². The lowest BCUT2D eigenvalue weighted by molar-refractivity contribution is 0.278. The number of hydrogen-bond donors (Lipinski definition) is 3. The van der Waals surface area contributed by atoms with Gasteiger partial charge in [0, 0.05) is 24.1 Å². The summed E-state index contributed by atoms with van der Waals surface area (Å²) in [6, 6.07) is 0.232. The lowest BCUT2D eigenvalue weighted by Gasteiger charge is -2.19. The van der Waals surface area contributed by atoms with E-state index in [4.69, 9.17) is 10.8 Å². The van der Waals surface area contributed by atoms with Crippen molar-refractivity contribution in [3.63, 3.8) is 0 Å². The van der Waals surface area contributed by atoms with Crippen molar-refractivity contribution >= 4 is 11.6 Å². The summed E-state index contributed by atoms with van der Waals surface area (Å²) in [7, 11) is 0. The van der Waals surface area contributed by atoms with E-state index in [9.17, 15) is 0 Å². The van der Waals surface area contributed by atoms with Crippen molar-refractivity contribution in [3.8, 4) is 0 Å². The number of anilines is 2. The molecule has 1 fully saturated rings. The molecule has 0 amide bonds. The van der Waals surface area contributed by atoms with E-state index in [2.05, 4.69) is 22.2 Å². The average molecular weight is 250 g/mol. The van der Waals surface area contributed by atoms with E-state index in [1.54, 1.807) is 0 Å². The van der Waals surface area contributed by atoms with Crippen LogP contribution in [0.3, 0.4) is 0 Å². The van der Waals surface area contributed by atoms with E-state index in [0.29, 0.717) is 11.7 Å². The molecular weight excluding hydrogens is 228 g/mol. The molecule has 1 aliphatic rings. The molecule has 18 heavy (non-hydrogen) atoms. The van der Waals surface area contributed by atoms with Crippen LogP contribution in [-0.2, 0) is 0 Å². The Bertz CT molecular complexity index is 418. The molecule has 0 saturated heterocycles. The highest BCUT2D eigenvalue weighted by Gasteiger charge is 2.28. The van der Waals surface area contributed by atoms with E-state index in [1.165, 1.54) is 0 Å². The fraction of sp³-hybridized carbons (Fsp3) is 0.692. The maximum absolute atomic E-state index is 9.03. The SMILES string of the molecule is CCC(CCO)Nc1nc(C2CC2)nc(N)c1C. The molecule has 0 aromatic carbocycles. The zero-order valence-electron chi connectivity index (χ0n) is 11.1. The third-order valence-corrected chi connectivity index (χ3v) is 3.45. The molecule has 4 N–H and O–H groups in total. The second-order valence-electron chi connectivity index (χ2n) is 4.98. The summed E-state index contributed by atoms with van der Waals surface area (Å²) in [5.74, 6) is 2.74. The molecule has 5 nitrogen and oxygen atoms in total. The van der Waals surface area contributed by atoms with Crippen LogP contribution in [0.5, 0.6) is 0 Å². The lowest BCUT2D eigenvalue weighted by Crippen LogP contribution is -2.22. The molecule has 0 aliphatic heterocycles. The molecule has 1 aliphatic carbocycles. The van der Waals surface area contributed by atoms with Crippen molar-refractivity contribution in [2.75, 3.05) is 17.7 Å². The Balaban J connectivity index is 2.19. The van der Waals surface area contributed by atoms with Gasteiger partial charge in [0.2, 0.25) is 0 Å². The minimum atomic E-state index is 0.181. The Hall–Kier alpha value is -1.36. The Kier molecular flexibility index (Phi) is 4.01. The second-order valence-corrected chi connectivity index (χ2v) is 4.98. The van der Waals surface area contributed by atoms with Crippen LogP contribution in [0.2, 0.25) is 0 Å². The van der Waals surface area contributed by atoms with Crippen molar-refractivity contribution < 1.29 is 5.11 Å². The van der Waals surface area contributed by atoms with Gasteiger partial charge in [-0.15, -0.1) is 0 Å². The quantitative estimate of drug-likeness (QED) is 0.717. The number of nitrogens with two attached hydrogens (primary N) is 1. The maximum Gasteiger partial charge on any atom is 0.136 e. The topological polar surface area (TPSA) is 84.1 Å². The number of nitrogens with zero attached hydrogens (tertiary/aromatic N) is 2. The molecule has 1 atom stereocenters. The average Bonchev–Trinajstić information content (AvgIpc) is 3.18. The van der Waals surface area contributed by atoms with Gasteiger partial charge in [0.25, 0.3) is 0 Å². The third kappa shape index (κ3) is 2.90. The molecule has 0 radical (unpaired) electrons. The summed E-state index contributed by atoms with van der Waals surface area (Å²) in [4.78, 5) is 8.93. The molecule has 1 aromatic rings. The lowest BCUT2D eigenvalue weighted by atomic mass is 10.1. The van der Waals surface area contributed by atoms with Crippen LogP contribution in [0.25, 0.3) is 0 Å². The normalized spacial score (nSPS) is 16.6. The van der Waals surface area contributed by atoms with Crippen LogP contribution >= 0.6 is 0 Å². The van der Waals surface area contributed by atoms with Gasteiger partial charge in [0.1, 0.15) is 17.5 Å². The summed E-state index contributed by atoms with van der Waals surface area (Å²) in [5, 5.41) is 12.4. The highest BCUT2D eigenvalue weighted by atomic mass is 16.3. The molecule has 0 bridgehead atoms. The van der Waals surface area contributed by atoms with Gasteiger partial charge in [-0.25, -0.2) is 9.97 Å². The molecule has 1 unspecified atom stereocenters. The van der Waals surface area contributed by atoms with E-state index >= 15 is 0 Å². The van der Waals surface area contributed by atoms with Crippen LogP contribution in [0.1, 0.15) is 49.9 Å². The summed E-state index contributed by atoms with van der Waals surface area (Å²) >= 11 is 0. The Morgan fingerprint density at radius 2 is 2.17 bits per heavy atom. The second kappa shape index (κ2) is 5.52. The fourth-order valence-corrected chi connectivity index (χ4v) is 1.94. The monoisotopic (exact) mass is 250 g/mol. The smallest absolute Gasteiger partial charge is 0.136 e. The molecule has 1 aromatic heterocycles. The Labute approximate surface area is 108 Å². The van der Waals surface area contributed by atoms with E-state index in [0.717, 1.165) is 42.9 Å². The first-order valence-corrected chi connectivity index (χ1v) is 6.67. The number of aromatic nitrogens is 2. The van der Waals surface area contributed by atoms with Gasteiger partial charge in [-0.2, -0.15) is 0 Å². The first kappa shape index (κ1) is 13.1. The van der Waals surface area contributed by atoms with Gasteiger partial charge in [-0.05, 0) is 32.6 Å². The molecule has 1 heterocycles. The predicted molar refractivity (Wildman–Crippen MR) is 72.6 cm³/mol. The Morgan fingerprint density at radius 1 is 1.44 bits per heavy atom. The minimum absolute atomic E-state index is 0.181. The van der Waals surface area contributed by atoms with Crippen LogP contribution in [-0.4, -0.2) is 27.7 Å². The standard InChI is InChI=1S/C13H22N4O/c1-3-10(6-7-18)15-12-8(2)11(14)16-13(17-12)9-4-5-9/h9-10,18H,3-7H2,1-2H3,(H3,14,15,16,17). The number of rotatable bonds is 6. The molecular formula is C13H22N4O. The van der Waals surface area contributed by atoms with Gasteiger partial charge in [0.05, 0.1) is 0 Å². The fourth-order valence-electron chi connectivity index (χ4n) is 1.94. The third-order valence-electron chi connectivity index (χ3n) is 3.45. The maximum atomic E-state index is 9.03. The zero-order valence-corrected chi connectivity index (χ0v) is 11.1. The van der Waals surface area contributed by atoms with Crippen molar-refractivity contribution in [2.24, 2.45) is 0 Å². The van der Waals surface area contributed by atoms with Gasteiger partial charge >= 0.3 is 0 Å². The van der Waals surface area contributed by atoms with Gasteiger partial charge in [-0.3, -0.25) is 0 Å². The van der Waals surface area contributed by atoms with E-state index in [-0.39, 0.29) is 12.6 Å². The molecule has 100 valence electrons. The number of aliphatic hydroxyl groups is 1. The highest BCUT2D eigenvalue weighted by Crippen LogP contribution is 2.39. The summed E-state index contributed by atoms with van der Waals surface area (Å²) in [5.41, 5.74) is 6.84. The first-order valence-electron chi connectivity index (χ1n) is 6.67. The largest absolute Gasteiger partial charge is 0.396 e. The minimum Gasteiger partial charge on any atom is -0.396 e. The molecule has 0 spiro atoms. The van der Waals surface area contributed by atoms with Gasteiger partial charge < -0.3 is 16.2 Å². The van der Waals surface area contributed by atoms with Crippen LogP contribution in [0.4, 0.5) is 11.6 Å². The summed E-state index contributed by atoms with van der Waals surface area (Å²) < 4.78 is 0. The van der Waals surface area contributed by atoms with Crippen molar-refractivity contribution in [1.29, 1.82) is 0 Å². The van der Waals surface area contributed by atoms with Crippen molar-refractivity contribution in [2.45, 2.75) is 51.5 Å². The molecule has 1 saturated carbocycles. The predicted octanol–water partition coefficient (Wildman–Crippen LogP) is 1.82. The Morgan fingerprint density at radius 3 is 2.72 bits per heavy atom. The number of aliphatic hydroxyl groups excluding tert-OH is 1. The summed E-state index contributed by atoms with van der Waals surface area (Å²) in [6.07, 6.45) is 3.99. The van der Waals surface area contributed by atoms with Gasteiger partial charge in [-0.1, -0.05) is 6.92 Å². The van der Waals surface area contributed by atoms with Crippen LogP contribution in [0, 0.1) is 6.92 Å². The summed E-state index contributed by atoms with van der Waals surface area (Å²) in [6.45, 7) is 4.20. The number of nitrogen functional groups attached to an aromatic ring is 1. The zero-order chi connectivity index (χ0) is 13.1. The number of nitrogens with one attached hydrogen (secondary N) is 1. The van der Waals surface area contributed by atoms with Crippen molar-refractivity contribution in [1.82, 2.24) is 9.97 Å². The van der Waals surface area contributed by atoms with Crippen LogP contribution < -0.4 is 11.1 Å². The van der Waals surface area contributed by atoms with Crippen LogP contribution in [0.15, 0.2) is 0 Å². The molecule has 5 heteroatoms.